The number of ether oxygens (including phenoxy) is 4. The van der Waals surface area contributed by atoms with Gasteiger partial charge in [-0.2, -0.15) is 0 Å². The molecule has 13 heteroatoms. The number of amides is 2. The standard InChI is InChI=1S/C34H35N3O8S2/c1-42-28-10-6-24(20-29(28)43-2)23-5-9-27(45-18-15-36-13-16-44-17-14-36)25(19-23)21-30-32(39)37(34(46)47-30)12-11-31(38)35-26-7-3-22(4-8-26)33(40)41/h3-10,19-21H,11-18H2,1-2H3,(H,35,38)(H,40,41)/b30-21-. The number of morpholine rings is 1. The lowest BCUT2D eigenvalue weighted by Gasteiger charge is -2.26. The van der Waals surface area contributed by atoms with Crippen molar-refractivity contribution in [2.75, 3.05) is 65.5 Å². The zero-order valence-electron chi connectivity index (χ0n) is 26.0. The molecule has 0 aliphatic carbocycles. The Morgan fingerprint density at radius 2 is 1.64 bits per heavy atom. The largest absolute Gasteiger partial charge is 0.493 e. The summed E-state index contributed by atoms with van der Waals surface area (Å²) in [6.45, 7) is 4.41. The topological polar surface area (TPSA) is 127 Å². The molecule has 3 aromatic rings. The van der Waals surface area contributed by atoms with Gasteiger partial charge in [0.2, 0.25) is 5.91 Å². The summed E-state index contributed by atoms with van der Waals surface area (Å²) >= 11 is 6.70. The molecular formula is C34H35N3O8S2. The number of carbonyl (C=O) groups excluding carboxylic acids is 2. The number of benzene rings is 3. The third kappa shape index (κ3) is 8.69. The number of nitrogens with one attached hydrogen (secondary N) is 1. The number of hydrogen-bond donors (Lipinski definition) is 2. The van der Waals surface area contributed by atoms with Gasteiger partial charge in [0, 0.05) is 43.9 Å². The maximum atomic E-state index is 13.5. The van der Waals surface area contributed by atoms with Crippen LogP contribution in [0.1, 0.15) is 22.3 Å². The van der Waals surface area contributed by atoms with E-state index in [1.807, 2.05) is 36.4 Å². The van der Waals surface area contributed by atoms with Crippen LogP contribution in [-0.2, 0) is 14.3 Å². The molecule has 5 rings (SSSR count). The van der Waals surface area contributed by atoms with Crippen molar-refractivity contribution in [3.63, 3.8) is 0 Å². The first-order chi connectivity index (χ1) is 22.7. The van der Waals surface area contributed by atoms with Gasteiger partial charge in [0.1, 0.15) is 16.7 Å². The van der Waals surface area contributed by atoms with Crippen LogP contribution < -0.4 is 19.5 Å². The highest BCUT2D eigenvalue weighted by Crippen LogP contribution is 2.37. The Kier molecular flexibility index (Phi) is 11.5. The van der Waals surface area contributed by atoms with Crippen molar-refractivity contribution in [3.8, 4) is 28.4 Å². The van der Waals surface area contributed by atoms with E-state index in [2.05, 4.69) is 10.2 Å². The van der Waals surface area contributed by atoms with Gasteiger partial charge in [-0.25, -0.2) is 4.79 Å². The molecule has 2 amide bonds. The summed E-state index contributed by atoms with van der Waals surface area (Å²) in [6, 6.07) is 17.3. The Balaban J connectivity index is 1.32. The quantitative estimate of drug-likeness (QED) is 0.187. The Morgan fingerprint density at radius 3 is 2.32 bits per heavy atom. The number of thioether (sulfide) groups is 1. The number of methoxy groups -OCH3 is 2. The second kappa shape index (κ2) is 15.9. The van der Waals surface area contributed by atoms with Gasteiger partial charge in [-0.1, -0.05) is 36.1 Å². The van der Waals surface area contributed by atoms with E-state index in [4.69, 9.17) is 36.3 Å². The molecule has 2 fully saturated rings. The Morgan fingerprint density at radius 1 is 0.957 bits per heavy atom. The number of carboxylic acid groups (broad SMARTS) is 1. The molecule has 0 bridgehead atoms. The van der Waals surface area contributed by atoms with Gasteiger partial charge in [0.25, 0.3) is 5.91 Å². The zero-order valence-corrected chi connectivity index (χ0v) is 27.7. The molecule has 0 aromatic heterocycles. The summed E-state index contributed by atoms with van der Waals surface area (Å²) < 4.78 is 22.9. The van der Waals surface area contributed by atoms with E-state index in [1.54, 1.807) is 20.3 Å². The smallest absolute Gasteiger partial charge is 0.335 e. The van der Waals surface area contributed by atoms with Gasteiger partial charge >= 0.3 is 5.97 Å². The van der Waals surface area contributed by atoms with E-state index < -0.39 is 5.97 Å². The fourth-order valence-corrected chi connectivity index (χ4v) is 6.36. The monoisotopic (exact) mass is 677 g/mol. The number of aromatic carboxylic acids is 1. The molecule has 11 nitrogen and oxygen atoms in total. The van der Waals surface area contributed by atoms with E-state index in [0.717, 1.165) is 30.8 Å². The van der Waals surface area contributed by atoms with Crippen LogP contribution >= 0.6 is 24.0 Å². The second-order valence-electron chi connectivity index (χ2n) is 10.6. The first-order valence-electron chi connectivity index (χ1n) is 14.9. The molecule has 2 aliphatic heterocycles. The van der Waals surface area contributed by atoms with E-state index >= 15 is 0 Å². The van der Waals surface area contributed by atoms with Crippen LogP contribution in [0.2, 0.25) is 0 Å². The molecular weight excluding hydrogens is 643 g/mol. The summed E-state index contributed by atoms with van der Waals surface area (Å²) in [5.74, 6) is 0.164. The summed E-state index contributed by atoms with van der Waals surface area (Å²) in [5, 5.41) is 11.8. The molecule has 0 radical (unpaired) electrons. The van der Waals surface area contributed by atoms with E-state index in [-0.39, 0.29) is 30.3 Å². The van der Waals surface area contributed by atoms with Crippen LogP contribution in [0, 0.1) is 0 Å². The molecule has 0 saturated carbocycles. The van der Waals surface area contributed by atoms with Crippen molar-refractivity contribution >= 4 is 57.8 Å². The zero-order chi connectivity index (χ0) is 33.3. The van der Waals surface area contributed by atoms with Gasteiger partial charge < -0.3 is 29.4 Å². The van der Waals surface area contributed by atoms with Crippen LogP contribution in [0.25, 0.3) is 17.2 Å². The molecule has 3 aromatic carbocycles. The molecule has 2 aliphatic rings. The van der Waals surface area contributed by atoms with Crippen LogP contribution in [0.15, 0.2) is 65.6 Å². The van der Waals surface area contributed by atoms with Gasteiger partial charge in [-0.15, -0.1) is 0 Å². The Bertz CT molecular complexity index is 1670. The average Bonchev–Trinajstić information content (AvgIpc) is 3.35. The van der Waals surface area contributed by atoms with E-state index in [1.165, 1.54) is 40.9 Å². The summed E-state index contributed by atoms with van der Waals surface area (Å²) in [6.07, 6.45) is 1.78. The minimum atomic E-state index is -1.05. The van der Waals surface area contributed by atoms with Crippen LogP contribution in [0.4, 0.5) is 5.69 Å². The highest BCUT2D eigenvalue weighted by Gasteiger charge is 2.32. The fourth-order valence-electron chi connectivity index (χ4n) is 5.06. The van der Waals surface area contributed by atoms with Crippen molar-refractivity contribution in [3.05, 3.63) is 76.7 Å². The molecule has 0 unspecified atom stereocenters. The molecule has 2 N–H and O–H groups in total. The minimum absolute atomic E-state index is 0.00505. The number of hydrogen-bond acceptors (Lipinski definition) is 10. The lowest BCUT2D eigenvalue weighted by atomic mass is 10.0. The normalized spacial score (nSPS) is 16.0. The minimum Gasteiger partial charge on any atom is -0.493 e. The van der Waals surface area contributed by atoms with Crippen molar-refractivity contribution in [1.82, 2.24) is 9.80 Å². The SMILES string of the molecule is COc1ccc(-c2ccc(OCCN3CCOCC3)c(/C=C3\SC(=S)N(CCC(=O)Nc4ccc(C(=O)O)cc4)C3=O)c2)cc1OC. The maximum absolute atomic E-state index is 13.5. The first-order valence-corrected chi connectivity index (χ1v) is 16.2. The number of anilines is 1. The van der Waals surface area contributed by atoms with E-state index in [9.17, 15) is 14.4 Å². The highest BCUT2D eigenvalue weighted by molar-refractivity contribution is 8.26. The van der Waals surface area contributed by atoms with Crippen LogP contribution in [0.5, 0.6) is 17.2 Å². The summed E-state index contributed by atoms with van der Waals surface area (Å²) in [7, 11) is 3.17. The third-order valence-electron chi connectivity index (χ3n) is 7.63. The molecule has 0 atom stereocenters. The van der Waals surface area contributed by atoms with E-state index in [0.29, 0.717) is 57.5 Å². The summed E-state index contributed by atoms with van der Waals surface area (Å²) in [4.78, 5) is 41.3. The van der Waals surface area contributed by atoms with Crippen molar-refractivity contribution in [2.24, 2.45) is 0 Å². The van der Waals surface area contributed by atoms with Crippen molar-refractivity contribution in [2.45, 2.75) is 6.42 Å². The molecule has 246 valence electrons. The predicted molar refractivity (Wildman–Crippen MR) is 184 cm³/mol. The van der Waals surface area contributed by atoms with Gasteiger partial charge in [0.05, 0.1) is 37.9 Å². The lowest BCUT2D eigenvalue weighted by Crippen LogP contribution is -2.38. The molecule has 2 saturated heterocycles. The predicted octanol–water partition coefficient (Wildman–Crippen LogP) is 5.01. The number of nitrogens with zero attached hydrogens (tertiary/aromatic N) is 2. The van der Waals surface area contributed by atoms with Crippen LogP contribution in [-0.4, -0.2) is 97.2 Å². The van der Waals surface area contributed by atoms with Gasteiger partial charge in [-0.3, -0.25) is 19.4 Å². The van der Waals surface area contributed by atoms with Gasteiger partial charge in [0.15, 0.2) is 11.5 Å². The van der Waals surface area contributed by atoms with Crippen LogP contribution in [0.3, 0.4) is 0 Å². The lowest BCUT2D eigenvalue weighted by molar-refractivity contribution is -0.122. The third-order valence-corrected chi connectivity index (χ3v) is 9.01. The van der Waals surface area contributed by atoms with Gasteiger partial charge in [-0.05, 0) is 65.7 Å². The molecule has 47 heavy (non-hydrogen) atoms. The maximum Gasteiger partial charge on any atom is 0.335 e. The first kappa shape index (κ1) is 33.9. The Hall–Kier alpha value is -4.43. The molecule has 2 heterocycles. The number of carbonyl (C=O) groups is 3. The number of carboxylic acids is 1. The molecule has 0 spiro atoms. The van der Waals surface area contributed by atoms with Crippen molar-refractivity contribution < 1.29 is 38.4 Å². The average molecular weight is 678 g/mol. The fraction of sp³-hybridized carbons (Fsp3) is 0.294. The Labute approximate surface area is 282 Å². The second-order valence-corrected chi connectivity index (χ2v) is 12.3. The number of thiocarbonyl (C=S) groups is 1. The number of rotatable bonds is 13. The summed E-state index contributed by atoms with van der Waals surface area (Å²) in [5.41, 5.74) is 3.07. The van der Waals surface area contributed by atoms with Crippen molar-refractivity contribution in [1.29, 1.82) is 0 Å². The highest BCUT2D eigenvalue weighted by atomic mass is 32.2.